The summed E-state index contributed by atoms with van der Waals surface area (Å²) in [5.74, 6) is -3.04. The topological polar surface area (TPSA) is 165 Å². The number of likely N-dealkylation sites (tertiary alicyclic amines) is 1. The van der Waals surface area contributed by atoms with E-state index in [9.17, 15) is 28.8 Å². The van der Waals surface area contributed by atoms with Crippen LogP contribution in [0, 0.1) is 0 Å². The van der Waals surface area contributed by atoms with Crippen molar-refractivity contribution in [1.29, 1.82) is 0 Å². The second-order valence-corrected chi connectivity index (χ2v) is 7.60. The Morgan fingerprint density at radius 2 is 1.97 bits per heavy atom. The number of hydrogen-bond donors (Lipinski definition) is 3. The molecule has 4 atom stereocenters. The SMILES string of the molecule is CC(=O)C1CCCN1C(=O)C(C)OC(=O)C(CCC(N)=O)NC(=O)C1CCC(=O)N1. The molecule has 2 saturated heterocycles. The van der Waals surface area contributed by atoms with Gasteiger partial charge in [-0.25, -0.2) is 4.79 Å². The molecule has 0 aromatic carbocycles. The minimum absolute atomic E-state index is 0.110. The van der Waals surface area contributed by atoms with Crippen molar-refractivity contribution in [2.45, 2.75) is 76.6 Å². The number of Topliss-reactive ketones (excluding diaryl/α,β-unsaturated/α-hetero) is 1. The van der Waals surface area contributed by atoms with Crippen LogP contribution in [0.25, 0.3) is 0 Å². The summed E-state index contributed by atoms with van der Waals surface area (Å²) in [4.78, 5) is 73.1. The lowest BCUT2D eigenvalue weighted by molar-refractivity contribution is -0.162. The van der Waals surface area contributed by atoms with Gasteiger partial charge in [-0.1, -0.05) is 0 Å². The van der Waals surface area contributed by atoms with Crippen molar-refractivity contribution in [2.75, 3.05) is 6.54 Å². The van der Waals surface area contributed by atoms with Crippen molar-refractivity contribution >= 4 is 35.4 Å². The largest absolute Gasteiger partial charge is 0.451 e. The number of ketones is 1. The van der Waals surface area contributed by atoms with Crippen LogP contribution >= 0.6 is 0 Å². The molecule has 0 spiro atoms. The van der Waals surface area contributed by atoms with E-state index < -0.39 is 47.9 Å². The van der Waals surface area contributed by atoms with Crippen molar-refractivity contribution in [3.8, 4) is 0 Å². The molecule has 11 heteroatoms. The summed E-state index contributed by atoms with van der Waals surface area (Å²) in [6.07, 6.45) is 0.273. The first-order valence-electron chi connectivity index (χ1n) is 9.99. The highest BCUT2D eigenvalue weighted by molar-refractivity contribution is 5.94. The van der Waals surface area contributed by atoms with Gasteiger partial charge in [0.15, 0.2) is 11.9 Å². The number of nitrogens with one attached hydrogen (secondary N) is 2. The molecule has 0 aromatic heterocycles. The Morgan fingerprint density at radius 1 is 1.27 bits per heavy atom. The minimum Gasteiger partial charge on any atom is -0.451 e. The van der Waals surface area contributed by atoms with Crippen LogP contribution < -0.4 is 16.4 Å². The summed E-state index contributed by atoms with van der Waals surface area (Å²) < 4.78 is 5.24. The van der Waals surface area contributed by atoms with Crippen molar-refractivity contribution in [3.63, 3.8) is 0 Å². The molecule has 2 aliphatic rings. The Bertz CT molecular complexity index is 738. The number of ether oxygens (including phenoxy) is 1. The highest BCUT2D eigenvalue weighted by Gasteiger charge is 2.37. The standard InChI is InChI=1S/C19H28N4O7/c1-10(24)14-4-3-9-23(14)18(28)11(2)30-19(29)13(5-7-15(20)25)22-17(27)12-6-8-16(26)21-12/h11-14H,3-9H2,1-2H3,(H2,20,25)(H,21,26)(H,22,27). The van der Waals surface area contributed by atoms with E-state index in [0.717, 1.165) is 0 Å². The third-order valence-corrected chi connectivity index (χ3v) is 5.24. The number of rotatable bonds is 9. The van der Waals surface area contributed by atoms with Crippen LogP contribution in [0.15, 0.2) is 0 Å². The van der Waals surface area contributed by atoms with Crippen LogP contribution in [0.2, 0.25) is 0 Å². The van der Waals surface area contributed by atoms with Crippen LogP contribution in [0.5, 0.6) is 0 Å². The highest BCUT2D eigenvalue weighted by Crippen LogP contribution is 2.20. The number of amides is 4. The van der Waals surface area contributed by atoms with Gasteiger partial charge >= 0.3 is 5.97 Å². The van der Waals surface area contributed by atoms with Gasteiger partial charge in [-0.15, -0.1) is 0 Å². The van der Waals surface area contributed by atoms with E-state index >= 15 is 0 Å². The lowest BCUT2D eigenvalue weighted by atomic mass is 10.1. The molecule has 0 radical (unpaired) electrons. The summed E-state index contributed by atoms with van der Waals surface area (Å²) >= 11 is 0. The zero-order chi connectivity index (χ0) is 22.4. The molecule has 4 N–H and O–H groups in total. The molecule has 166 valence electrons. The van der Waals surface area contributed by atoms with E-state index in [1.54, 1.807) is 0 Å². The molecule has 11 nitrogen and oxygen atoms in total. The third kappa shape index (κ3) is 6.01. The summed E-state index contributed by atoms with van der Waals surface area (Å²) in [6, 6.07) is -2.52. The predicted octanol–water partition coefficient (Wildman–Crippen LogP) is -1.47. The molecule has 2 fully saturated rings. The maximum absolute atomic E-state index is 12.6. The fraction of sp³-hybridized carbons (Fsp3) is 0.684. The van der Waals surface area contributed by atoms with Gasteiger partial charge in [0.25, 0.3) is 5.91 Å². The highest BCUT2D eigenvalue weighted by atomic mass is 16.5. The Labute approximate surface area is 174 Å². The zero-order valence-corrected chi connectivity index (χ0v) is 17.1. The molecule has 2 aliphatic heterocycles. The minimum atomic E-state index is -1.21. The molecule has 0 bridgehead atoms. The first kappa shape index (κ1) is 23.3. The van der Waals surface area contributed by atoms with E-state index in [-0.39, 0.29) is 31.0 Å². The average Bonchev–Trinajstić information content (AvgIpc) is 3.33. The van der Waals surface area contributed by atoms with E-state index in [1.165, 1.54) is 18.7 Å². The Hall–Kier alpha value is -2.98. The van der Waals surface area contributed by atoms with Crippen molar-refractivity contribution in [2.24, 2.45) is 5.73 Å². The number of carbonyl (C=O) groups is 6. The van der Waals surface area contributed by atoms with Gasteiger partial charge in [-0.2, -0.15) is 0 Å². The number of hydrogen-bond acceptors (Lipinski definition) is 7. The van der Waals surface area contributed by atoms with E-state index in [2.05, 4.69) is 10.6 Å². The summed E-state index contributed by atoms with van der Waals surface area (Å²) in [7, 11) is 0. The maximum atomic E-state index is 12.6. The van der Waals surface area contributed by atoms with Gasteiger partial charge in [-0.3, -0.25) is 24.0 Å². The molecule has 2 heterocycles. The van der Waals surface area contributed by atoms with Gasteiger partial charge in [0, 0.05) is 19.4 Å². The van der Waals surface area contributed by atoms with Crippen LogP contribution in [0.1, 0.15) is 52.4 Å². The molecule has 4 unspecified atom stereocenters. The quantitative estimate of drug-likeness (QED) is 0.380. The zero-order valence-electron chi connectivity index (χ0n) is 17.1. The molecule has 4 amide bonds. The van der Waals surface area contributed by atoms with Gasteiger partial charge < -0.3 is 26.0 Å². The van der Waals surface area contributed by atoms with Gasteiger partial charge in [0.1, 0.15) is 12.1 Å². The van der Waals surface area contributed by atoms with Crippen molar-refractivity contribution in [3.05, 3.63) is 0 Å². The lowest BCUT2D eigenvalue weighted by Gasteiger charge is -2.27. The molecule has 0 aliphatic carbocycles. The van der Waals surface area contributed by atoms with Crippen LogP contribution in [0.3, 0.4) is 0 Å². The Kier molecular flexibility index (Phi) is 7.90. The Balaban J connectivity index is 2.00. The molecular formula is C19H28N4O7. The number of primary amides is 1. The van der Waals surface area contributed by atoms with Crippen molar-refractivity contribution < 1.29 is 33.5 Å². The van der Waals surface area contributed by atoms with Gasteiger partial charge in [-0.05, 0) is 39.5 Å². The molecule has 0 saturated carbocycles. The number of nitrogens with two attached hydrogens (primary N) is 1. The fourth-order valence-corrected chi connectivity index (χ4v) is 3.61. The second-order valence-electron chi connectivity index (χ2n) is 7.60. The number of carbonyl (C=O) groups excluding carboxylic acids is 6. The lowest BCUT2D eigenvalue weighted by Crippen LogP contribution is -2.51. The van der Waals surface area contributed by atoms with E-state index in [0.29, 0.717) is 25.8 Å². The average molecular weight is 424 g/mol. The molecule has 2 rings (SSSR count). The monoisotopic (exact) mass is 424 g/mol. The molecule has 0 aromatic rings. The van der Waals surface area contributed by atoms with Crippen molar-refractivity contribution in [1.82, 2.24) is 15.5 Å². The van der Waals surface area contributed by atoms with Gasteiger partial charge in [0.2, 0.25) is 17.7 Å². The molecular weight excluding hydrogens is 396 g/mol. The third-order valence-electron chi connectivity index (χ3n) is 5.24. The Morgan fingerprint density at radius 3 is 2.53 bits per heavy atom. The van der Waals surface area contributed by atoms with E-state index in [1.807, 2.05) is 0 Å². The van der Waals surface area contributed by atoms with Crippen LogP contribution in [0.4, 0.5) is 0 Å². The number of esters is 1. The van der Waals surface area contributed by atoms with E-state index in [4.69, 9.17) is 10.5 Å². The normalized spacial score (nSPS) is 22.7. The van der Waals surface area contributed by atoms with Gasteiger partial charge in [0.05, 0.1) is 6.04 Å². The first-order chi connectivity index (χ1) is 14.1. The van der Waals surface area contributed by atoms with Crippen LogP contribution in [-0.4, -0.2) is 71.1 Å². The fourth-order valence-electron chi connectivity index (χ4n) is 3.61. The maximum Gasteiger partial charge on any atom is 0.329 e. The number of nitrogens with zero attached hydrogens (tertiary/aromatic N) is 1. The summed E-state index contributed by atoms with van der Waals surface area (Å²) in [5, 5.41) is 4.95. The molecule has 30 heavy (non-hydrogen) atoms. The first-order valence-corrected chi connectivity index (χ1v) is 9.99. The summed E-state index contributed by atoms with van der Waals surface area (Å²) in [6.45, 7) is 3.19. The predicted molar refractivity (Wildman–Crippen MR) is 102 cm³/mol. The smallest absolute Gasteiger partial charge is 0.329 e. The second kappa shape index (κ2) is 10.2. The van der Waals surface area contributed by atoms with Crippen LogP contribution in [-0.2, 0) is 33.5 Å². The summed E-state index contributed by atoms with van der Waals surface area (Å²) in [5.41, 5.74) is 5.13.